The van der Waals surface area contributed by atoms with Crippen molar-refractivity contribution in [1.82, 2.24) is 14.9 Å². The largest absolute Gasteiger partial charge is 0.481 e. The first-order valence-corrected chi connectivity index (χ1v) is 14.1. The van der Waals surface area contributed by atoms with Crippen LogP contribution in [0.4, 0.5) is 0 Å². The topological polar surface area (TPSA) is 56.7 Å². The van der Waals surface area contributed by atoms with Crippen molar-refractivity contribution in [3.8, 4) is 17.6 Å². The van der Waals surface area contributed by atoms with Crippen molar-refractivity contribution < 1.29 is 14.2 Å². The van der Waals surface area contributed by atoms with Crippen molar-refractivity contribution in [2.45, 2.75) is 45.1 Å². The third-order valence-electron chi connectivity index (χ3n) is 6.78. The molecule has 4 rings (SSSR count). The van der Waals surface area contributed by atoms with Crippen LogP contribution in [-0.2, 0) is 0 Å². The third kappa shape index (κ3) is 7.08. The third-order valence-corrected chi connectivity index (χ3v) is 7.28. The number of hydrogen-bond acceptors (Lipinski definition) is 6. The van der Waals surface area contributed by atoms with Crippen LogP contribution >= 0.6 is 15.9 Å². The summed E-state index contributed by atoms with van der Waals surface area (Å²) in [4.78, 5) is 11.7. The summed E-state index contributed by atoms with van der Waals surface area (Å²) in [5.41, 5.74) is 5.44. The number of methoxy groups -OCH3 is 2. The fourth-order valence-electron chi connectivity index (χ4n) is 5.07. The lowest BCUT2D eigenvalue weighted by Crippen LogP contribution is -2.21. The molecule has 0 fully saturated rings. The maximum Gasteiger partial charge on any atom is 0.217 e. The minimum Gasteiger partial charge on any atom is -0.481 e. The quantitative estimate of drug-likeness (QED) is 0.181. The predicted octanol–water partition coefficient (Wildman–Crippen LogP) is 7.37. The molecule has 0 radical (unpaired) electrons. The Morgan fingerprint density at radius 1 is 0.872 bits per heavy atom. The van der Waals surface area contributed by atoms with Crippen LogP contribution < -0.4 is 14.2 Å². The predicted molar refractivity (Wildman–Crippen MR) is 161 cm³/mol. The van der Waals surface area contributed by atoms with Gasteiger partial charge in [0.25, 0.3) is 0 Å². The summed E-state index contributed by atoms with van der Waals surface area (Å²) in [6, 6.07) is 21.2. The van der Waals surface area contributed by atoms with Crippen LogP contribution in [0.1, 0.15) is 54.4 Å². The number of rotatable bonds is 11. The zero-order valence-corrected chi connectivity index (χ0v) is 25.5. The van der Waals surface area contributed by atoms with Gasteiger partial charge in [0.05, 0.1) is 25.8 Å². The van der Waals surface area contributed by atoms with E-state index < -0.39 is 0 Å². The highest BCUT2D eigenvalue weighted by Crippen LogP contribution is 2.46. The number of aryl methyl sites for hydroxylation is 1. The first-order valence-electron chi connectivity index (χ1n) is 13.3. The second-order valence-corrected chi connectivity index (χ2v) is 11.4. The number of fused-ring (bicyclic) bond motifs is 1. The zero-order chi connectivity index (χ0) is 28.1. The van der Waals surface area contributed by atoms with E-state index in [2.05, 4.69) is 89.3 Å². The van der Waals surface area contributed by atoms with E-state index in [0.717, 1.165) is 39.5 Å². The Labute approximate surface area is 240 Å². The first kappa shape index (κ1) is 28.8. The number of hydrogen-bond donors (Lipinski definition) is 0. The minimum absolute atomic E-state index is 0.00604. The Hall–Kier alpha value is -3.16. The van der Waals surface area contributed by atoms with Gasteiger partial charge in [-0.3, -0.25) is 0 Å². The van der Waals surface area contributed by atoms with Crippen LogP contribution in [0, 0.1) is 6.92 Å². The summed E-state index contributed by atoms with van der Waals surface area (Å²) in [5.74, 6) is 1.74. The highest BCUT2D eigenvalue weighted by atomic mass is 79.9. The van der Waals surface area contributed by atoms with Crippen molar-refractivity contribution in [2.24, 2.45) is 0 Å². The van der Waals surface area contributed by atoms with Crippen LogP contribution in [0.15, 0.2) is 65.1 Å². The van der Waals surface area contributed by atoms with Gasteiger partial charge in [-0.1, -0.05) is 45.8 Å². The second-order valence-electron chi connectivity index (χ2n) is 10.5. The molecule has 2 atom stereocenters. The molecule has 6 nitrogen and oxygen atoms in total. The van der Waals surface area contributed by atoms with Crippen LogP contribution in [0.3, 0.4) is 0 Å². The Balaban J connectivity index is 2.00. The normalized spacial score (nSPS) is 13.1. The fraction of sp³-hybridized carbons (Fsp3) is 0.375. The van der Waals surface area contributed by atoms with Gasteiger partial charge in [0.1, 0.15) is 0 Å². The van der Waals surface area contributed by atoms with Crippen molar-refractivity contribution in [3.05, 3.63) is 87.4 Å². The zero-order valence-electron chi connectivity index (χ0n) is 23.9. The second kappa shape index (κ2) is 12.8. The van der Waals surface area contributed by atoms with Crippen LogP contribution in [0.5, 0.6) is 17.6 Å². The van der Waals surface area contributed by atoms with Crippen molar-refractivity contribution in [2.75, 3.05) is 34.9 Å². The van der Waals surface area contributed by atoms with E-state index in [1.807, 2.05) is 32.0 Å². The standard InChI is InChI=1S/C32H38BrN3O3/c1-20(2)39-30-19-23(18-29(35-30)37-6)26(13-14-36(4)5)31(22-10-8-9-21(3)15-22)27-17-24-16-25(33)11-12-28(24)34-32(27)38-7/h8-12,15-20,26,31H,13-14H2,1-7H3. The number of pyridine rings is 2. The molecule has 0 bridgehead atoms. The van der Waals surface area contributed by atoms with E-state index in [1.165, 1.54) is 11.1 Å². The average molecular weight is 593 g/mol. The smallest absolute Gasteiger partial charge is 0.217 e. The Kier molecular flexibility index (Phi) is 9.46. The summed E-state index contributed by atoms with van der Waals surface area (Å²) in [6.45, 7) is 7.03. The first-order chi connectivity index (χ1) is 18.7. The van der Waals surface area contributed by atoms with Gasteiger partial charge in [-0.2, -0.15) is 4.98 Å². The van der Waals surface area contributed by atoms with E-state index in [0.29, 0.717) is 17.6 Å². The van der Waals surface area contributed by atoms with Crippen LogP contribution in [0.2, 0.25) is 0 Å². The lowest BCUT2D eigenvalue weighted by molar-refractivity contribution is 0.228. The maximum atomic E-state index is 6.06. The maximum absolute atomic E-state index is 6.06. The molecule has 0 N–H and O–H groups in total. The highest BCUT2D eigenvalue weighted by molar-refractivity contribution is 9.10. The number of benzene rings is 2. The van der Waals surface area contributed by atoms with Gasteiger partial charge in [-0.15, -0.1) is 0 Å². The molecular weight excluding hydrogens is 554 g/mol. The van der Waals surface area contributed by atoms with E-state index >= 15 is 0 Å². The molecule has 0 amide bonds. The van der Waals surface area contributed by atoms with Gasteiger partial charge in [0.2, 0.25) is 17.6 Å². The molecule has 4 aromatic rings. The van der Waals surface area contributed by atoms with Gasteiger partial charge in [-0.25, -0.2) is 4.98 Å². The van der Waals surface area contributed by atoms with Gasteiger partial charge < -0.3 is 19.1 Å². The molecule has 0 aliphatic carbocycles. The van der Waals surface area contributed by atoms with E-state index in [4.69, 9.17) is 19.2 Å². The summed E-state index contributed by atoms with van der Waals surface area (Å²) in [5, 5.41) is 1.06. The Morgan fingerprint density at radius 3 is 2.31 bits per heavy atom. The van der Waals surface area contributed by atoms with E-state index in [9.17, 15) is 0 Å². The van der Waals surface area contributed by atoms with Gasteiger partial charge in [0.15, 0.2) is 0 Å². The average Bonchev–Trinajstić information content (AvgIpc) is 2.89. The molecule has 0 saturated heterocycles. The molecule has 0 aliphatic heterocycles. The molecule has 7 heteroatoms. The summed E-state index contributed by atoms with van der Waals surface area (Å²) in [6.07, 6.45) is 0.882. The van der Waals surface area contributed by atoms with E-state index in [1.54, 1.807) is 14.2 Å². The number of halogens is 1. The summed E-state index contributed by atoms with van der Waals surface area (Å²) < 4.78 is 18.7. The lowest BCUT2D eigenvalue weighted by Gasteiger charge is -2.31. The van der Waals surface area contributed by atoms with Gasteiger partial charge in [-0.05, 0) is 89.1 Å². The lowest BCUT2D eigenvalue weighted by atomic mass is 9.75. The molecular formula is C32H38BrN3O3. The number of aromatic nitrogens is 2. The molecule has 2 unspecified atom stereocenters. The van der Waals surface area contributed by atoms with Gasteiger partial charge >= 0.3 is 0 Å². The molecule has 0 spiro atoms. The Morgan fingerprint density at radius 2 is 1.64 bits per heavy atom. The van der Waals surface area contributed by atoms with Crippen molar-refractivity contribution in [3.63, 3.8) is 0 Å². The van der Waals surface area contributed by atoms with Gasteiger partial charge in [0, 0.05) is 33.5 Å². The summed E-state index contributed by atoms with van der Waals surface area (Å²) in [7, 11) is 7.55. The van der Waals surface area contributed by atoms with Crippen molar-refractivity contribution in [1.29, 1.82) is 0 Å². The monoisotopic (exact) mass is 591 g/mol. The molecule has 39 heavy (non-hydrogen) atoms. The summed E-state index contributed by atoms with van der Waals surface area (Å²) >= 11 is 3.63. The molecule has 206 valence electrons. The van der Waals surface area contributed by atoms with Crippen LogP contribution in [0.25, 0.3) is 10.9 Å². The molecule has 0 saturated carbocycles. The fourth-order valence-corrected chi connectivity index (χ4v) is 5.45. The highest BCUT2D eigenvalue weighted by Gasteiger charge is 2.31. The molecule has 2 aromatic heterocycles. The Bertz CT molecular complexity index is 1420. The SMILES string of the molecule is COc1cc(C(CCN(C)C)C(c2cccc(C)c2)c2cc3cc(Br)ccc3nc2OC)cc(OC(C)C)n1. The minimum atomic E-state index is -0.0466. The van der Waals surface area contributed by atoms with E-state index in [-0.39, 0.29) is 17.9 Å². The number of nitrogens with zero attached hydrogens (tertiary/aromatic N) is 3. The van der Waals surface area contributed by atoms with Crippen LogP contribution in [-0.4, -0.2) is 55.8 Å². The number of ether oxygens (including phenoxy) is 3. The molecule has 0 aliphatic rings. The molecule has 2 aromatic carbocycles. The molecule has 2 heterocycles. The van der Waals surface area contributed by atoms with Crippen molar-refractivity contribution >= 4 is 26.8 Å².